The fourth-order valence-corrected chi connectivity index (χ4v) is 3.33. The van der Waals surface area contributed by atoms with Crippen LogP contribution in [0.3, 0.4) is 0 Å². The summed E-state index contributed by atoms with van der Waals surface area (Å²) in [6.07, 6.45) is 0. The Morgan fingerprint density at radius 3 is 2.63 bits per heavy atom. The second-order valence-corrected chi connectivity index (χ2v) is 6.70. The highest BCUT2D eigenvalue weighted by Gasteiger charge is 2.20. The number of ether oxygens (including phenoxy) is 1. The predicted molar refractivity (Wildman–Crippen MR) is 115 cm³/mol. The molecule has 0 bridgehead atoms. The Kier molecular flexibility index (Phi) is 6.63. The Bertz CT molecular complexity index is 1060. The average Bonchev–Trinajstić information content (AvgIpc) is 3.10. The van der Waals surface area contributed by atoms with E-state index in [4.69, 9.17) is 4.74 Å². The van der Waals surface area contributed by atoms with Crippen molar-refractivity contribution in [2.45, 2.75) is 20.4 Å². The molecule has 0 unspecified atom stereocenters. The summed E-state index contributed by atoms with van der Waals surface area (Å²) in [6, 6.07) is 11.8. The van der Waals surface area contributed by atoms with Crippen LogP contribution in [-0.2, 0) is 6.54 Å². The SMILES string of the molecule is CCN(CC)CCn1c(NC(=O)c2ccc(OC)c([N+](=O)[O-])c2)nc2ccccc21. The summed E-state index contributed by atoms with van der Waals surface area (Å²) in [7, 11) is 1.35. The molecule has 9 heteroatoms. The molecule has 0 saturated carbocycles. The van der Waals surface area contributed by atoms with Gasteiger partial charge in [0.05, 0.1) is 23.1 Å². The summed E-state index contributed by atoms with van der Waals surface area (Å²) in [4.78, 5) is 30.4. The van der Waals surface area contributed by atoms with Crippen LogP contribution in [0.1, 0.15) is 24.2 Å². The van der Waals surface area contributed by atoms with Crippen LogP contribution in [0.2, 0.25) is 0 Å². The van der Waals surface area contributed by atoms with Crippen molar-refractivity contribution < 1.29 is 14.5 Å². The van der Waals surface area contributed by atoms with Gasteiger partial charge in [0.15, 0.2) is 5.75 Å². The largest absolute Gasteiger partial charge is 0.490 e. The van der Waals surface area contributed by atoms with Crippen LogP contribution in [0.15, 0.2) is 42.5 Å². The van der Waals surface area contributed by atoms with Gasteiger partial charge in [0.1, 0.15) is 0 Å². The number of nitro groups is 1. The number of amides is 1. The average molecular weight is 411 g/mol. The molecule has 0 fully saturated rings. The number of nitro benzene ring substituents is 1. The maximum absolute atomic E-state index is 12.8. The van der Waals surface area contributed by atoms with Crippen LogP contribution < -0.4 is 10.1 Å². The van der Waals surface area contributed by atoms with Crippen LogP contribution in [-0.4, -0.2) is 52.0 Å². The number of para-hydroxylation sites is 2. The van der Waals surface area contributed by atoms with E-state index in [2.05, 4.69) is 29.0 Å². The molecule has 0 aliphatic rings. The number of carbonyl (C=O) groups excluding carboxylic acids is 1. The van der Waals surface area contributed by atoms with Crippen molar-refractivity contribution >= 4 is 28.6 Å². The van der Waals surface area contributed by atoms with Gasteiger partial charge in [-0.05, 0) is 37.4 Å². The highest BCUT2D eigenvalue weighted by Crippen LogP contribution is 2.28. The van der Waals surface area contributed by atoms with Gasteiger partial charge >= 0.3 is 5.69 Å². The predicted octanol–water partition coefficient (Wildman–Crippen LogP) is 3.55. The first-order chi connectivity index (χ1) is 14.5. The molecule has 0 saturated heterocycles. The molecule has 0 aliphatic heterocycles. The van der Waals surface area contributed by atoms with Gasteiger partial charge in [-0.2, -0.15) is 0 Å². The van der Waals surface area contributed by atoms with E-state index >= 15 is 0 Å². The Balaban J connectivity index is 1.91. The summed E-state index contributed by atoms with van der Waals surface area (Å²) in [5, 5.41) is 14.1. The zero-order valence-electron chi connectivity index (χ0n) is 17.3. The highest BCUT2D eigenvalue weighted by molar-refractivity contribution is 6.04. The van der Waals surface area contributed by atoms with Gasteiger partial charge in [-0.15, -0.1) is 0 Å². The lowest BCUT2D eigenvalue weighted by molar-refractivity contribution is -0.385. The molecule has 1 N–H and O–H groups in total. The molecule has 1 amide bonds. The number of anilines is 1. The van der Waals surface area contributed by atoms with Gasteiger partial charge < -0.3 is 14.2 Å². The summed E-state index contributed by atoms with van der Waals surface area (Å²) in [6.45, 7) is 7.54. The minimum atomic E-state index is -0.574. The van der Waals surface area contributed by atoms with E-state index in [-0.39, 0.29) is 17.0 Å². The Morgan fingerprint density at radius 1 is 1.23 bits per heavy atom. The second kappa shape index (κ2) is 9.36. The molecule has 1 heterocycles. The maximum atomic E-state index is 12.8. The van der Waals surface area contributed by atoms with Crippen LogP contribution in [0, 0.1) is 10.1 Å². The first kappa shape index (κ1) is 21.3. The number of methoxy groups -OCH3 is 1. The molecule has 3 rings (SSSR count). The van der Waals surface area contributed by atoms with Crippen LogP contribution in [0.4, 0.5) is 11.6 Å². The number of nitrogens with zero attached hydrogens (tertiary/aromatic N) is 4. The van der Waals surface area contributed by atoms with E-state index in [1.54, 1.807) is 0 Å². The lowest BCUT2D eigenvalue weighted by atomic mass is 10.1. The fourth-order valence-electron chi connectivity index (χ4n) is 3.33. The Morgan fingerprint density at radius 2 is 1.97 bits per heavy atom. The van der Waals surface area contributed by atoms with Crippen LogP contribution >= 0.6 is 0 Å². The third kappa shape index (κ3) is 4.41. The van der Waals surface area contributed by atoms with Crippen molar-refractivity contribution in [1.29, 1.82) is 0 Å². The van der Waals surface area contributed by atoms with Crippen molar-refractivity contribution in [3.63, 3.8) is 0 Å². The third-order valence-electron chi connectivity index (χ3n) is 5.05. The number of rotatable bonds is 9. The normalized spacial score (nSPS) is 11.1. The number of nitrogens with one attached hydrogen (secondary N) is 1. The van der Waals surface area contributed by atoms with Crippen LogP contribution in [0.5, 0.6) is 5.75 Å². The number of benzene rings is 2. The molecule has 30 heavy (non-hydrogen) atoms. The first-order valence-corrected chi connectivity index (χ1v) is 9.79. The molecule has 1 aromatic heterocycles. The zero-order chi connectivity index (χ0) is 21.7. The molecule has 9 nitrogen and oxygen atoms in total. The number of fused-ring (bicyclic) bond motifs is 1. The molecule has 3 aromatic rings. The Labute approximate surface area is 174 Å². The van der Waals surface area contributed by atoms with Crippen LogP contribution in [0.25, 0.3) is 11.0 Å². The second-order valence-electron chi connectivity index (χ2n) is 6.70. The van der Waals surface area contributed by atoms with Gasteiger partial charge in [-0.1, -0.05) is 26.0 Å². The summed E-state index contributed by atoms with van der Waals surface area (Å²) in [5.74, 6) is 0.0370. The van der Waals surface area contributed by atoms with E-state index in [0.717, 1.165) is 30.7 Å². The lowest BCUT2D eigenvalue weighted by Gasteiger charge is -2.19. The van der Waals surface area contributed by atoms with E-state index in [0.29, 0.717) is 12.5 Å². The van der Waals surface area contributed by atoms with Crippen molar-refractivity contribution in [3.05, 3.63) is 58.1 Å². The van der Waals surface area contributed by atoms with Gasteiger partial charge in [-0.25, -0.2) is 4.98 Å². The van der Waals surface area contributed by atoms with Crippen molar-refractivity contribution in [1.82, 2.24) is 14.5 Å². The fraction of sp³-hybridized carbons (Fsp3) is 0.333. The van der Waals surface area contributed by atoms with Crippen molar-refractivity contribution in [3.8, 4) is 5.75 Å². The number of carbonyl (C=O) groups is 1. The van der Waals surface area contributed by atoms with Gasteiger partial charge in [0, 0.05) is 24.7 Å². The number of hydrogen-bond donors (Lipinski definition) is 1. The third-order valence-corrected chi connectivity index (χ3v) is 5.05. The number of hydrogen-bond acceptors (Lipinski definition) is 6. The molecule has 0 radical (unpaired) electrons. The van der Waals surface area contributed by atoms with Gasteiger partial charge in [-0.3, -0.25) is 20.2 Å². The Hall–Kier alpha value is -3.46. The molecule has 158 valence electrons. The van der Waals surface area contributed by atoms with E-state index in [1.165, 1.54) is 25.3 Å². The number of likely N-dealkylation sites (N-methyl/N-ethyl adjacent to an activating group) is 1. The first-order valence-electron chi connectivity index (χ1n) is 9.79. The summed E-state index contributed by atoms with van der Waals surface area (Å²) >= 11 is 0. The van der Waals surface area contributed by atoms with Gasteiger partial charge in [0.25, 0.3) is 5.91 Å². The quantitative estimate of drug-likeness (QED) is 0.427. The van der Waals surface area contributed by atoms with Gasteiger partial charge in [0.2, 0.25) is 5.95 Å². The highest BCUT2D eigenvalue weighted by atomic mass is 16.6. The molecular formula is C21H25N5O4. The molecule has 2 aromatic carbocycles. The minimum absolute atomic E-state index is 0.100. The monoisotopic (exact) mass is 411 g/mol. The number of imidazole rings is 1. The maximum Gasteiger partial charge on any atom is 0.311 e. The van der Waals surface area contributed by atoms with E-state index in [9.17, 15) is 14.9 Å². The molecule has 0 spiro atoms. The summed E-state index contributed by atoms with van der Waals surface area (Å²) in [5.41, 5.74) is 1.58. The lowest BCUT2D eigenvalue weighted by Crippen LogP contribution is -2.27. The molecule has 0 atom stereocenters. The van der Waals surface area contributed by atoms with E-state index in [1.807, 2.05) is 28.8 Å². The van der Waals surface area contributed by atoms with Crippen molar-refractivity contribution in [2.75, 3.05) is 32.1 Å². The zero-order valence-corrected chi connectivity index (χ0v) is 17.3. The summed E-state index contributed by atoms with van der Waals surface area (Å²) < 4.78 is 6.96. The van der Waals surface area contributed by atoms with Crippen molar-refractivity contribution in [2.24, 2.45) is 0 Å². The standard InChI is InChI=1S/C21H25N5O4/c1-4-24(5-2)12-13-25-17-9-7-6-8-16(17)22-21(25)23-20(27)15-10-11-19(30-3)18(14-15)26(28)29/h6-11,14H,4-5,12-13H2,1-3H3,(H,22,23,27). The topological polar surface area (TPSA) is 103 Å². The molecular weight excluding hydrogens is 386 g/mol. The number of aromatic nitrogens is 2. The van der Waals surface area contributed by atoms with E-state index < -0.39 is 10.8 Å². The minimum Gasteiger partial charge on any atom is -0.490 e. The molecule has 0 aliphatic carbocycles. The smallest absolute Gasteiger partial charge is 0.311 e.